The van der Waals surface area contributed by atoms with Gasteiger partial charge in [0.05, 0.1) is 36.6 Å². The fourth-order valence-electron chi connectivity index (χ4n) is 7.30. The van der Waals surface area contributed by atoms with Crippen LogP contribution in [0.25, 0.3) is 10.1 Å². The van der Waals surface area contributed by atoms with E-state index in [4.69, 9.17) is 14.2 Å². The van der Waals surface area contributed by atoms with Crippen LogP contribution in [0, 0.1) is 11.3 Å². The molecule has 48 heavy (non-hydrogen) atoms. The number of benzene rings is 2. The van der Waals surface area contributed by atoms with Crippen LogP contribution < -0.4 is 20.3 Å². The van der Waals surface area contributed by atoms with Crippen LogP contribution in [-0.2, 0) is 22.3 Å². The summed E-state index contributed by atoms with van der Waals surface area (Å²) < 4.78 is 61.3. The summed E-state index contributed by atoms with van der Waals surface area (Å²) in [5, 5.41) is 8.01. The van der Waals surface area contributed by atoms with Crippen molar-refractivity contribution in [2.45, 2.75) is 97.4 Å². The fraction of sp³-hybridized carbons (Fsp3) is 0.632. The van der Waals surface area contributed by atoms with Crippen molar-refractivity contribution in [3.8, 4) is 5.75 Å². The fourth-order valence-corrected chi connectivity index (χ4v) is 8.61. The average Bonchev–Trinajstić information content (AvgIpc) is 3.34. The summed E-state index contributed by atoms with van der Waals surface area (Å²) in [6, 6.07) is 14.2. The minimum atomic E-state index is -4.30. The maximum Gasteiger partial charge on any atom is 0.393 e. The second-order valence-electron chi connectivity index (χ2n) is 15.3. The zero-order valence-electron chi connectivity index (χ0n) is 29.5. The van der Waals surface area contributed by atoms with Crippen molar-refractivity contribution in [3.05, 3.63) is 52.9 Å². The van der Waals surface area contributed by atoms with Crippen molar-refractivity contribution in [2.24, 2.45) is 11.3 Å². The number of ether oxygens (including phenoxy) is 3. The Balaban J connectivity index is 1.56. The Morgan fingerprint density at radius 3 is 2.33 bits per heavy atom. The summed E-state index contributed by atoms with van der Waals surface area (Å²) in [4.78, 5) is 3.26. The predicted molar refractivity (Wildman–Crippen MR) is 192 cm³/mol. The van der Waals surface area contributed by atoms with Crippen LogP contribution in [0.3, 0.4) is 0 Å². The highest BCUT2D eigenvalue weighted by Gasteiger charge is 2.38. The van der Waals surface area contributed by atoms with Crippen molar-refractivity contribution < 1.29 is 27.4 Å². The van der Waals surface area contributed by atoms with E-state index in [0.29, 0.717) is 62.7 Å². The van der Waals surface area contributed by atoms with Gasteiger partial charge in [0.1, 0.15) is 12.4 Å². The standard InChI is InChI=1S/C38H54F3N3O3S/c1-36(2,3)34-14-13-33-30(24-38(39,40)41)29-11-8-12-32(35(29)48-33)43-31-15-17-42-25-26(31)16-18-45-19-20-46-21-22-47-28-10-7-9-27(23-28)44(34)37(4,5)6/h7-12,23,26,31,34,42-43H,13-22,24-25H2,1-6H3. The number of anilines is 2. The van der Waals surface area contributed by atoms with Gasteiger partial charge in [0.2, 0.25) is 0 Å². The highest BCUT2D eigenvalue weighted by Crippen LogP contribution is 2.43. The molecule has 1 fully saturated rings. The van der Waals surface area contributed by atoms with Gasteiger partial charge < -0.3 is 29.7 Å². The van der Waals surface area contributed by atoms with Gasteiger partial charge in [-0.15, -0.1) is 11.3 Å². The van der Waals surface area contributed by atoms with E-state index >= 15 is 0 Å². The van der Waals surface area contributed by atoms with Gasteiger partial charge in [0.25, 0.3) is 0 Å². The molecule has 2 N–H and O–H groups in total. The third kappa shape index (κ3) is 9.58. The molecular weight excluding hydrogens is 635 g/mol. The SMILES string of the molecule is CC(C)(C)C1CCc2sc3c(cccc3c2CC(F)(F)F)NC2CCNCC2CCOCCOCCOc2cccc(c2)N1C(C)(C)C. The van der Waals surface area contributed by atoms with E-state index in [2.05, 4.69) is 69.2 Å². The van der Waals surface area contributed by atoms with Gasteiger partial charge in [-0.05, 0) is 100 Å². The number of fused-ring (bicyclic) bond motifs is 4. The van der Waals surface area contributed by atoms with Gasteiger partial charge in [-0.2, -0.15) is 13.2 Å². The highest BCUT2D eigenvalue weighted by molar-refractivity contribution is 7.20. The summed E-state index contributed by atoms with van der Waals surface area (Å²) in [6.07, 6.45) is -2.15. The van der Waals surface area contributed by atoms with E-state index in [-0.39, 0.29) is 23.0 Å². The van der Waals surface area contributed by atoms with Crippen LogP contribution in [-0.4, -0.2) is 69.9 Å². The van der Waals surface area contributed by atoms with Crippen LogP contribution in [0.15, 0.2) is 42.5 Å². The number of thiophene rings is 1. The topological polar surface area (TPSA) is 55.0 Å². The number of halogens is 3. The molecule has 0 radical (unpaired) electrons. The van der Waals surface area contributed by atoms with E-state index in [9.17, 15) is 13.2 Å². The normalized spacial score (nSPS) is 22.9. The Hall–Kier alpha value is -2.53. The zero-order chi connectivity index (χ0) is 34.5. The lowest BCUT2D eigenvalue weighted by molar-refractivity contribution is -0.127. The molecule has 2 aliphatic heterocycles. The second kappa shape index (κ2) is 15.6. The van der Waals surface area contributed by atoms with Gasteiger partial charge in [0, 0.05) is 40.9 Å². The first-order valence-electron chi connectivity index (χ1n) is 17.5. The molecule has 1 aromatic heterocycles. The Labute approximate surface area is 288 Å². The lowest BCUT2D eigenvalue weighted by Gasteiger charge is -2.49. The first-order chi connectivity index (χ1) is 22.7. The molecule has 3 atom stereocenters. The molecular formula is C38H54F3N3O3S. The number of hydrogen-bond donors (Lipinski definition) is 2. The van der Waals surface area contributed by atoms with E-state index in [1.54, 1.807) is 0 Å². The molecule has 0 saturated carbocycles. The predicted octanol–water partition coefficient (Wildman–Crippen LogP) is 8.86. The van der Waals surface area contributed by atoms with Crippen molar-refractivity contribution in [1.29, 1.82) is 0 Å². The molecule has 0 aliphatic carbocycles. The number of hydrogen-bond acceptors (Lipinski definition) is 7. The monoisotopic (exact) mass is 689 g/mol. The Kier molecular flexibility index (Phi) is 11.9. The van der Waals surface area contributed by atoms with Crippen LogP contribution >= 0.6 is 11.3 Å². The molecule has 0 amide bonds. The summed E-state index contributed by atoms with van der Waals surface area (Å²) in [7, 11) is 0. The van der Waals surface area contributed by atoms with Crippen molar-refractivity contribution in [2.75, 3.05) is 56.3 Å². The summed E-state index contributed by atoms with van der Waals surface area (Å²) in [6.45, 7) is 17.6. The molecule has 3 aromatic rings. The molecule has 6 nitrogen and oxygen atoms in total. The Morgan fingerprint density at radius 2 is 1.60 bits per heavy atom. The van der Waals surface area contributed by atoms with Gasteiger partial charge in [0.15, 0.2) is 0 Å². The quantitative estimate of drug-likeness (QED) is 0.266. The first kappa shape index (κ1) is 36.7. The number of rotatable bonds is 1. The van der Waals surface area contributed by atoms with Crippen LogP contribution in [0.5, 0.6) is 5.75 Å². The van der Waals surface area contributed by atoms with E-state index in [1.165, 1.54) is 11.3 Å². The molecule has 4 bridgehead atoms. The molecule has 3 heterocycles. The molecule has 2 aromatic carbocycles. The largest absolute Gasteiger partial charge is 0.491 e. The molecule has 0 spiro atoms. The second-order valence-corrected chi connectivity index (χ2v) is 16.4. The van der Waals surface area contributed by atoms with Gasteiger partial charge in [-0.3, -0.25) is 0 Å². The smallest absolute Gasteiger partial charge is 0.393 e. The molecule has 3 unspecified atom stereocenters. The van der Waals surface area contributed by atoms with Crippen molar-refractivity contribution in [3.63, 3.8) is 0 Å². The summed E-state index contributed by atoms with van der Waals surface area (Å²) in [5.74, 6) is 1.10. The lowest BCUT2D eigenvalue weighted by Crippen LogP contribution is -2.54. The molecule has 10 heteroatoms. The lowest BCUT2D eigenvalue weighted by atomic mass is 9.80. The summed E-state index contributed by atoms with van der Waals surface area (Å²) >= 11 is 1.53. The van der Waals surface area contributed by atoms with Gasteiger partial charge in [-0.25, -0.2) is 0 Å². The zero-order valence-corrected chi connectivity index (χ0v) is 30.3. The third-order valence-corrected chi connectivity index (χ3v) is 10.8. The highest BCUT2D eigenvalue weighted by atomic mass is 32.1. The third-order valence-electron chi connectivity index (χ3n) is 9.50. The maximum atomic E-state index is 14.2. The van der Waals surface area contributed by atoms with Crippen molar-refractivity contribution >= 4 is 32.8 Å². The summed E-state index contributed by atoms with van der Waals surface area (Å²) in [5.41, 5.74) is 1.95. The van der Waals surface area contributed by atoms with Gasteiger partial charge >= 0.3 is 6.18 Å². The number of nitrogens with zero attached hydrogens (tertiary/aromatic N) is 1. The number of piperidine rings is 1. The number of alkyl halides is 3. The van der Waals surface area contributed by atoms with Crippen LogP contribution in [0.1, 0.15) is 71.2 Å². The minimum Gasteiger partial charge on any atom is -0.491 e. The average molecular weight is 690 g/mol. The van der Waals surface area contributed by atoms with Crippen LogP contribution in [0.2, 0.25) is 0 Å². The number of nitrogens with one attached hydrogen (secondary N) is 2. The van der Waals surface area contributed by atoms with Gasteiger partial charge in [-0.1, -0.05) is 39.0 Å². The Morgan fingerprint density at radius 1 is 0.875 bits per heavy atom. The maximum absolute atomic E-state index is 14.2. The molecule has 5 rings (SSSR count). The number of aryl methyl sites for hydroxylation is 1. The van der Waals surface area contributed by atoms with Crippen LogP contribution in [0.4, 0.5) is 24.5 Å². The molecule has 266 valence electrons. The molecule has 2 aliphatic rings. The Bertz CT molecular complexity index is 1480. The van der Waals surface area contributed by atoms with E-state index in [1.807, 2.05) is 30.3 Å². The first-order valence-corrected chi connectivity index (χ1v) is 18.3. The van der Waals surface area contributed by atoms with E-state index < -0.39 is 12.6 Å². The van der Waals surface area contributed by atoms with Crippen molar-refractivity contribution in [1.82, 2.24) is 5.32 Å². The minimum absolute atomic E-state index is 0.0368. The molecule has 1 saturated heterocycles. The van der Waals surface area contributed by atoms with E-state index in [0.717, 1.165) is 52.6 Å².